The number of methoxy groups -OCH3 is 1. The molecule has 1 saturated heterocycles. The van der Waals surface area contributed by atoms with Crippen molar-refractivity contribution in [3.8, 4) is 22.9 Å². The van der Waals surface area contributed by atoms with Crippen LogP contribution in [0.5, 0.6) is 17.2 Å². The minimum atomic E-state index is -0.0829. The van der Waals surface area contributed by atoms with E-state index in [-0.39, 0.29) is 12.7 Å². The highest BCUT2D eigenvalue weighted by Crippen LogP contribution is 2.32. The molecule has 0 spiro atoms. The van der Waals surface area contributed by atoms with Crippen LogP contribution in [0.25, 0.3) is 5.69 Å². The third-order valence-corrected chi connectivity index (χ3v) is 6.22. The number of amides is 1. The second-order valence-electron chi connectivity index (χ2n) is 8.43. The number of likely N-dealkylation sites (tertiary alicyclic amines) is 1. The van der Waals surface area contributed by atoms with Gasteiger partial charge in [-0.2, -0.15) is 0 Å². The normalized spacial score (nSPS) is 17.7. The van der Waals surface area contributed by atoms with E-state index in [4.69, 9.17) is 14.2 Å². The number of ether oxygens (including phenoxy) is 3. The first-order chi connectivity index (χ1) is 16.2. The lowest BCUT2D eigenvalue weighted by Crippen LogP contribution is -2.41. The van der Waals surface area contributed by atoms with Crippen LogP contribution in [0, 0.1) is 5.92 Å². The maximum atomic E-state index is 12.6. The molecule has 5 rings (SSSR count). The lowest BCUT2D eigenvalue weighted by molar-refractivity contribution is 0.0929. The smallest absolute Gasteiger partial charge is 0.251 e. The zero-order valence-electron chi connectivity index (χ0n) is 18.7. The van der Waals surface area contributed by atoms with E-state index in [0.717, 1.165) is 49.7 Å². The van der Waals surface area contributed by atoms with Gasteiger partial charge in [0.25, 0.3) is 5.91 Å². The summed E-state index contributed by atoms with van der Waals surface area (Å²) in [6.45, 7) is 3.58. The molecule has 1 unspecified atom stereocenters. The number of carbonyl (C=O) groups excluding carboxylic acids is 1. The van der Waals surface area contributed by atoms with E-state index in [1.807, 2.05) is 36.7 Å². The fraction of sp³-hybridized carbons (Fsp3) is 0.360. The van der Waals surface area contributed by atoms with Crippen molar-refractivity contribution in [2.24, 2.45) is 5.92 Å². The SMILES string of the molecule is COc1ccc(-n2ccnc2CN2CCCC(CNC(=O)c3ccc4c(c3)OCO4)C2)cc1. The van der Waals surface area contributed by atoms with Crippen LogP contribution in [-0.2, 0) is 6.54 Å². The summed E-state index contributed by atoms with van der Waals surface area (Å²) in [4.78, 5) is 19.6. The number of benzene rings is 2. The molecule has 172 valence electrons. The topological polar surface area (TPSA) is 77.9 Å². The molecule has 2 aliphatic rings. The summed E-state index contributed by atoms with van der Waals surface area (Å²) >= 11 is 0. The molecule has 0 radical (unpaired) electrons. The molecular formula is C25H28N4O4. The maximum absolute atomic E-state index is 12.6. The van der Waals surface area contributed by atoms with Crippen LogP contribution < -0.4 is 19.5 Å². The number of hydrogen-bond acceptors (Lipinski definition) is 6. The second kappa shape index (κ2) is 9.54. The van der Waals surface area contributed by atoms with Gasteiger partial charge in [0.1, 0.15) is 11.6 Å². The zero-order chi connectivity index (χ0) is 22.6. The molecule has 1 aromatic heterocycles. The lowest BCUT2D eigenvalue weighted by atomic mass is 9.98. The fourth-order valence-electron chi connectivity index (χ4n) is 4.47. The van der Waals surface area contributed by atoms with Gasteiger partial charge in [0.15, 0.2) is 11.5 Å². The van der Waals surface area contributed by atoms with Crippen LogP contribution in [-0.4, -0.2) is 53.9 Å². The fourth-order valence-corrected chi connectivity index (χ4v) is 4.47. The summed E-state index contributed by atoms with van der Waals surface area (Å²) in [5.41, 5.74) is 1.65. The van der Waals surface area contributed by atoms with Crippen molar-refractivity contribution in [2.75, 3.05) is 33.5 Å². The number of rotatable bonds is 7. The summed E-state index contributed by atoms with van der Waals surface area (Å²) in [6.07, 6.45) is 6.04. The van der Waals surface area contributed by atoms with Gasteiger partial charge in [-0.05, 0) is 67.8 Å². The molecule has 33 heavy (non-hydrogen) atoms. The Morgan fingerprint density at radius 1 is 1.18 bits per heavy atom. The van der Waals surface area contributed by atoms with Gasteiger partial charge in [0.05, 0.1) is 13.7 Å². The van der Waals surface area contributed by atoms with Crippen molar-refractivity contribution in [3.05, 3.63) is 66.2 Å². The zero-order valence-corrected chi connectivity index (χ0v) is 18.7. The Hall–Kier alpha value is -3.52. The molecule has 0 aliphatic carbocycles. The lowest BCUT2D eigenvalue weighted by Gasteiger charge is -2.32. The first-order valence-corrected chi connectivity index (χ1v) is 11.3. The van der Waals surface area contributed by atoms with Crippen molar-refractivity contribution >= 4 is 5.91 Å². The average Bonchev–Trinajstić information content (AvgIpc) is 3.52. The summed E-state index contributed by atoms with van der Waals surface area (Å²) in [5.74, 6) is 3.47. The highest BCUT2D eigenvalue weighted by atomic mass is 16.7. The molecule has 2 aromatic carbocycles. The van der Waals surface area contributed by atoms with E-state index in [1.54, 1.807) is 25.3 Å². The van der Waals surface area contributed by atoms with Crippen molar-refractivity contribution in [1.82, 2.24) is 19.8 Å². The highest BCUT2D eigenvalue weighted by molar-refractivity contribution is 5.94. The van der Waals surface area contributed by atoms with Crippen molar-refractivity contribution < 1.29 is 19.0 Å². The molecule has 3 heterocycles. The van der Waals surface area contributed by atoms with Gasteiger partial charge in [0.2, 0.25) is 6.79 Å². The standard InChI is InChI=1S/C25H28N4O4/c1-31-21-7-5-20(6-8-21)29-12-10-26-24(29)16-28-11-2-3-18(15-28)14-27-25(30)19-4-9-22-23(13-19)33-17-32-22/h4-10,12-13,18H,2-3,11,14-17H2,1H3,(H,27,30). The van der Waals surface area contributed by atoms with E-state index >= 15 is 0 Å². The second-order valence-corrected chi connectivity index (χ2v) is 8.43. The van der Waals surface area contributed by atoms with Crippen LogP contribution >= 0.6 is 0 Å². The Morgan fingerprint density at radius 2 is 2.03 bits per heavy atom. The van der Waals surface area contributed by atoms with Crippen molar-refractivity contribution in [3.63, 3.8) is 0 Å². The van der Waals surface area contributed by atoms with Gasteiger partial charge in [-0.25, -0.2) is 4.98 Å². The molecule has 2 aliphatic heterocycles. The molecule has 0 bridgehead atoms. The number of aromatic nitrogens is 2. The number of nitrogens with zero attached hydrogens (tertiary/aromatic N) is 3. The number of hydrogen-bond donors (Lipinski definition) is 1. The van der Waals surface area contributed by atoms with E-state index in [0.29, 0.717) is 29.5 Å². The quantitative estimate of drug-likeness (QED) is 0.598. The molecule has 1 fully saturated rings. The van der Waals surface area contributed by atoms with Gasteiger partial charge in [-0.1, -0.05) is 0 Å². The molecule has 8 nitrogen and oxygen atoms in total. The number of imidazole rings is 1. The number of carbonyl (C=O) groups is 1. The van der Waals surface area contributed by atoms with Gasteiger partial charge >= 0.3 is 0 Å². The van der Waals surface area contributed by atoms with E-state index in [2.05, 4.69) is 19.8 Å². The Morgan fingerprint density at radius 3 is 2.88 bits per heavy atom. The molecule has 0 saturated carbocycles. The van der Waals surface area contributed by atoms with E-state index in [9.17, 15) is 4.79 Å². The minimum Gasteiger partial charge on any atom is -0.497 e. The largest absolute Gasteiger partial charge is 0.497 e. The summed E-state index contributed by atoms with van der Waals surface area (Å²) in [6, 6.07) is 13.3. The van der Waals surface area contributed by atoms with Crippen LogP contribution in [0.3, 0.4) is 0 Å². The predicted molar refractivity (Wildman–Crippen MR) is 123 cm³/mol. The predicted octanol–water partition coefficient (Wildman–Crippen LogP) is 3.25. The van der Waals surface area contributed by atoms with Gasteiger partial charge < -0.3 is 24.1 Å². The Labute approximate surface area is 193 Å². The Balaban J connectivity index is 1.17. The van der Waals surface area contributed by atoms with Crippen LogP contribution in [0.15, 0.2) is 54.9 Å². The summed E-state index contributed by atoms with van der Waals surface area (Å²) in [5, 5.41) is 3.09. The summed E-state index contributed by atoms with van der Waals surface area (Å²) < 4.78 is 18.1. The number of nitrogens with one attached hydrogen (secondary N) is 1. The molecule has 1 amide bonds. The Bertz CT molecular complexity index is 1110. The van der Waals surface area contributed by atoms with Gasteiger partial charge in [-0.15, -0.1) is 0 Å². The Kier molecular flexibility index (Phi) is 6.17. The average molecular weight is 449 g/mol. The molecule has 1 atom stereocenters. The van der Waals surface area contributed by atoms with Crippen molar-refractivity contribution in [2.45, 2.75) is 19.4 Å². The highest BCUT2D eigenvalue weighted by Gasteiger charge is 2.23. The minimum absolute atomic E-state index is 0.0829. The van der Waals surface area contributed by atoms with E-state index < -0.39 is 0 Å². The van der Waals surface area contributed by atoms with Crippen LogP contribution in [0.4, 0.5) is 0 Å². The van der Waals surface area contributed by atoms with Crippen LogP contribution in [0.1, 0.15) is 29.0 Å². The van der Waals surface area contributed by atoms with Gasteiger partial charge in [-0.3, -0.25) is 9.69 Å². The maximum Gasteiger partial charge on any atom is 0.251 e. The summed E-state index contributed by atoms with van der Waals surface area (Å²) in [7, 11) is 1.67. The molecular weight excluding hydrogens is 420 g/mol. The number of piperidine rings is 1. The van der Waals surface area contributed by atoms with Crippen molar-refractivity contribution in [1.29, 1.82) is 0 Å². The van der Waals surface area contributed by atoms with Crippen LogP contribution in [0.2, 0.25) is 0 Å². The first-order valence-electron chi connectivity index (χ1n) is 11.3. The van der Waals surface area contributed by atoms with Gasteiger partial charge in [0, 0.05) is 36.7 Å². The molecule has 1 N–H and O–H groups in total. The van der Waals surface area contributed by atoms with E-state index in [1.165, 1.54) is 0 Å². The number of fused-ring (bicyclic) bond motifs is 1. The molecule has 3 aromatic rings. The molecule has 8 heteroatoms. The third-order valence-electron chi connectivity index (χ3n) is 6.22. The first kappa shape index (κ1) is 21.3. The monoisotopic (exact) mass is 448 g/mol. The third kappa shape index (κ3) is 4.80.